The Balaban J connectivity index is 2.08. The number of aliphatic hydroxyl groups is 1. The molecule has 0 radical (unpaired) electrons. The van der Waals surface area contributed by atoms with Gasteiger partial charge >= 0.3 is 0 Å². The van der Waals surface area contributed by atoms with E-state index < -0.39 is 10.0 Å². The Morgan fingerprint density at radius 2 is 1.91 bits per heavy atom. The number of fused-ring (bicyclic) bond motifs is 1. The fourth-order valence-corrected chi connectivity index (χ4v) is 4.97. The van der Waals surface area contributed by atoms with Crippen LogP contribution in [0.2, 0.25) is 5.02 Å². The maximum absolute atomic E-state index is 13.0. The van der Waals surface area contributed by atoms with Crippen LogP contribution in [0.4, 0.5) is 0 Å². The summed E-state index contributed by atoms with van der Waals surface area (Å²) >= 11 is 6.17. The zero-order valence-electron chi connectivity index (χ0n) is 12.1. The second-order valence-electron chi connectivity index (χ2n) is 5.64. The van der Waals surface area contributed by atoms with E-state index in [1.54, 1.807) is 18.2 Å². The summed E-state index contributed by atoms with van der Waals surface area (Å²) in [6, 6.07) is 10.5. The monoisotopic (exact) mass is 339 g/mol. The van der Waals surface area contributed by atoms with E-state index in [1.165, 1.54) is 4.31 Å². The minimum atomic E-state index is -3.58. The third-order valence-electron chi connectivity index (χ3n) is 4.19. The fourth-order valence-electron chi connectivity index (χ4n) is 2.99. The minimum absolute atomic E-state index is 0.0158. The van der Waals surface area contributed by atoms with Crippen molar-refractivity contribution in [2.75, 3.05) is 19.7 Å². The Morgan fingerprint density at radius 3 is 2.64 bits per heavy atom. The molecule has 1 saturated heterocycles. The van der Waals surface area contributed by atoms with E-state index in [0.29, 0.717) is 23.5 Å². The highest BCUT2D eigenvalue weighted by Gasteiger charge is 2.31. The first-order valence-electron chi connectivity index (χ1n) is 7.32. The Kier molecular flexibility index (Phi) is 4.41. The highest BCUT2D eigenvalue weighted by molar-refractivity contribution is 7.89. The largest absolute Gasteiger partial charge is 0.396 e. The van der Waals surface area contributed by atoms with Gasteiger partial charge in [0.1, 0.15) is 0 Å². The van der Waals surface area contributed by atoms with Crippen LogP contribution in [0.25, 0.3) is 10.8 Å². The van der Waals surface area contributed by atoms with Crippen LogP contribution in [0.3, 0.4) is 0 Å². The van der Waals surface area contributed by atoms with Crippen LogP contribution >= 0.6 is 11.6 Å². The molecule has 0 bridgehead atoms. The van der Waals surface area contributed by atoms with Crippen molar-refractivity contribution in [3.8, 4) is 0 Å². The van der Waals surface area contributed by atoms with Crippen LogP contribution in [-0.4, -0.2) is 37.5 Å². The van der Waals surface area contributed by atoms with Crippen molar-refractivity contribution in [2.45, 2.75) is 17.7 Å². The van der Waals surface area contributed by atoms with Crippen molar-refractivity contribution < 1.29 is 13.5 Å². The molecule has 1 heterocycles. The maximum atomic E-state index is 13.0. The van der Waals surface area contributed by atoms with Gasteiger partial charge in [0, 0.05) is 35.5 Å². The summed E-state index contributed by atoms with van der Waals surface area (Å²) in [6.45, 7) is 0.888. The first kappa shape index (κ1) is 15.7. The van der Waals surface area contributed by atoms with Gasteiger partial charge in [-0.05, 0) is 30.9 Å². The van der Waals surface area contributed by atoms with Crippen LogP contribution in [-0.2, 0) is 10.0 Å². The van der Waals surface area contributed by atoms with E-state index in [1.807, 2.05) is 18.2 Å². The van der Waals surface area contributed by atoms with E-state index in [4.69, 9.17) is 11.6 Å². The molecule has 118 valence electrons. The van der Waals surface area contributed by atoms with Gasteiger partial charge in [-0.1, -0.05) is 35.9 Å². The third-order valence-corrected chi connectivity index (χ3v) is 6.44. The summed E-state index contributed by atoms with van der Waals surface area (Å²) in [4.78, 5) is 0.283. The highest BCUT2D eigenvalue weighted by atomic mass is 35.5. The Bertz CT molecular complexity index is 791. The van der Waals surface area contributed by atoms with Crippen molar-refractivity contribution in [3.05, 3.63) is 41.4 Å². The fraction of sp³-hybridized carbons (Fsp3) is 0.375. The Morgan fingerprint density at radius 1 is 1.18 bits per heavy atom. The van der Waals surface area contributed by atoms with Crippen molar-refractivity contribution in [3.63, 3.8) is 0 Å². The molecule has 0 aliphatic carbocycles. The quantitative estimate of drug-likeness (QED) is 0.935. The molecule has 2 aromatic carbocycles. The molecule has 1 unspecified atom stereocenters. The normalized spacial score (nSPS) is 20.4. The van der Waals surface area contributed by atoms with Crippen LogP contribution in [0.15, 0.2) is 41.3 Å². The lowest BCUT2D eigenvalue weighted by Crippen LogP contribution is -2.40. The van der Waals surface area contributed by atoms with Crippen molar-refractivity contribution >= 4 is 32.4 Å². The number of halogens is 1. The molecule has 0 amide bonds. The number of hydrogen-bond donors (Lipinski definition) is 1. The summed E-state index contributed by atoms with van der Waals surface area (Å²) < 4.78 is 27.4. The Labute approximate surface area is 135 Å². The average Bonchev–Trinajstić information content (AvgIpc) is 2.55. The zero-order chi connectivity index (χ0) is 15.7. The summed E-state index contributed by atoms with van der Waals surface area (Å²) in [5.74, 6) is 0.0158. The smallest absolute Gasteiger partial charge is 0.243 e. The maximum Gasteiger partial charge on any atom is 0.243 e. The predicted octanol–water partition coefficient (Wildman–Crippen LogP) is 2.89. The van der Waals surface area contributed by atoms with Gasteiger partial charge in [0.2, 0.25) is 10.0 Å². The zero-order valence-corrected chi connectivity index (χ0v) is 13.6. The van der Waals surface area contributed by atoms with Gasteiger partial charge in [-0.3, -0.25) is 0 Å². The molecule has 1 aliphatic rings. The molecule has 1 N–H and O–H groups in total. The van der Waals surface area contributed by atoms with E-state index >= 15 is 0 Å². The molecule has 1 aliphatic heterocycles. The molecule has 2 aromatic rings. The first-order chi connectivity index (χ1) is 10.5. The number of sulfonamides is 1. The summed E-state index contributed by atoms with van der Waals surface area (Å²) in [5.41, 5.74) is 0. The molecule has 4 nitrogen and oxygen atoms in total. The van der Waals surface area contributed by atoms with Gasteiger partial charge in [-0.15, -0.1) is 0 Å². The minimum Gasteiger partial charge on any atom is -0.396 e. The topological polar surface area (TPSA) is 57.6 Å². The number of rotatable bonds is 3. The van der Waals surface area contributed by atoms with Gasteiger partial charge in [0.05, 0.1) is 4.90 Å². The van der Waals surface area contributed by atoms with Crippen molar-refractivity contribution in [1.29, 1.82) is 0 Å². The van der Waals surface area contributed by atoms with Crippen molar-refractivity contribution in [2.24, 2.45) is 5.92 Å². The Hall–Kier alpha value is -1.14. The number of hydrogen-bond acceptors (Lipinski definition) is 3. The van der Waals surface area contributed by atoms with Crippen LogP contribution in [0.1, 0.15) is 12.8 Å². The van der Waals surface area contributed by atoms with Gasteiger partial charge in [-0.25, -0.2) is 8.42 Å². The number of nitrogens with zero attached hydrogens (tertiary/aromatic N) is 1. The molecule has 0 saturated carbocycles. The lowest BCUT2D eigenvalue weighted by Gasteiger charge is -2.31. The molecule has 0 aromatic heterocycles. The predicted molar refractivity (Wildman–Crippen MR) is 87.5 cm³/mol. The van der Waals surface area contributed by atoms with E-state index in [2.05, 4.69) is 0 Å². The van der Waals surface area contributed by atoms with Crippen LogP contribution < -0.4 is 0 Å². The van der Waals surface area contributed by atoms with Gasteiger partial charge in [0.25, 0.3) is 0 Å². The molecule has 22 heavy (non-hydrogen) atoms. The van der Waals surface area contributed by atoms with E-state index in [0.717, 1.165) is 18.2 Å². The summed E-state index contributed by atoms with van der Waals surface area (Å²) in [7, 11) is -3.58. The van der Waals surface area contributed by atoms with Gasteiger partial charge in [0.15, 0.2) is 0 Å². The van der Waals surface area contributed by atoms with Gasteiger partial charge < -0.3 is 5.11 Å². The molecule has 3 rings (SSSR count). The van der Waals surface area contributed by atoms with Gasteiger partial charge in [-0.2, -0.15) is 4.31 Å². The number of aliphatic hydroxyl groups excluding tert-OH is 1. The third kappa shape index (κ3) is 2.74. The average molecular weight is 340 g/mol. The van der Waals surface area contributed by atoms with E-state index in [-0.39, 0.29) is 17.4 Å². The number of piperidine rings is 1. The molecule has 1 atom stereocenters. The van der Waals surface area contributed by atoms with Crippen LogP contribution in [0.5, 0.6) is 0 Å². The van der Waals surface area contributed by atoms with Crippen molar-refractivity contribution in [1.82, 2.24) is 4.31 Å². The number of benzene rings is 2. The van der Waals surface area contributed by atoms with Crippen LogP contribution in [0, 0.1) is 5.92 Å². The molecular formula is C16H18ClNO3S. The molecule has 6 heteroatoms. The second-order valence-corrected chi connectivity index (χ2v) is 7.96. The lowest BCUT2D eigenvalue weighted by atomic mass is 10.0. The summed E-state index contributed by atoms with van der Waals surface area (Å²) in [6.07, 6.45) is 1.64. The summed E-state index contributed by atoms with van der Waals surface area (Å²) in [5, 5.41) is 11.2. The van der Waals surface area contributed by atoms with E-state index in [9.17, 15) is 13.5 Å². The highest BCUT2D eigenvalue weighted by Crippen LogP contribution is 2.32. The second kappa shape index (κ2) is 6.16. The molecule has 0 spiro atoms. The molecule has 1 fully saturated rings. The first-order valence-corrected chi connectivity index (χ1v) is 9.14. The molecular weight excluding hydrogens is 322 g/mol. The SMILES string of the molecule is O=S(=O)(c1ccc(Cl)c2ccccc12)N1CCCC(CO)C1. The standard InChI is InChI=1S/C16H18ClNO3S/c17-15-7-8-16(14-6-2-1-5-13(14)15)22(20,21)18-9-3-4-12(10-18)11-19/h1-2,5-8,12,19H,3-4,9-11H2. The lowest BCUT2D eigenvalue weighted by molar-refractivity contribution is 0.165.